The zero-order valence-corrected chi connectivity index (χ0v) is 13.7. The lowest BCUT2D eigenvalue weighted by Gasteiger charge is -2.11. The number of carbonyl (C=O) groups excluding carboxylic acids is 1. The zero-order chi connectivity index (χ0) is 16.2. The Bertz CT molecular complexity index is 745. The normalized spacial score (nSPS) is 20.6. The van der Waals surface area contributed by atoms with Gasteiger partial charge in [-0.3, -0.25) is 9.36 Å². The molecule has 0 saturated carbocycles. The van der Waals surface area contributed by atoms with Gasteiger partial charge in [0.2, 0.25) is 0 Å². The smallest absolute Gasteiger partial charge is 0.348 e. The van der Waals surface area contributed by atoms with Gasteiger partial charge in [-0.25, -0.2) is 4.79 Å². The van der Waals surface area contributed by atoms with Crippen LogP contribution in [0.15, 0.2) is 47.4 Å². The van der Waals surface area contributed by atoms with Crippen molar-refractivity contribution < 1.29 is 9.53 Å². The largest absolute Gasteiger partial charge is 0.364 e. The third-order valence-electron chi connectivity index (χ3n) is 3.70. The molecular formula is C17H18N2O3S. The maximum atomic E-state index is 12.2. The monoisotopic (exact) mass is 330 g/mol. The van der Waals surface area contributed by atoms with Gasteiger partial charge in [-0.15, -0.1) is 11.8 Å². The summed E-state index contributed by atoms with van der Waals surface area (Å²) < 4.78 is 7.18. The lowest BCUT2D eigenvalue weighted by molar-refractivity contribution is 0.0991. The second-order valence-electron chi connectivity index (χ2n) is 5.34. The van der Waals surface area contributed by atoms with Crippen molar-refractivity contribution in [1.29, 1.82) is 0 Å². The highest BCUT2D eigenvalue weighted by molar-refractivity contribution is 8.00. The Balaban J connectivity index is 1.72. The maximum absolute atomic E-state index is 12.2. The molecule has 0 amide bonds. The molecular weight excluding hydrogens is 312 g/mol. The van der Waals surface area contributed by atoms with Crippen molar-refractivity contribution >= 4 is 17.5 Å². The first kappa shape index (κ1) is 16.0. The second-order valence-corrected chi connectivity index (χ2v) is 6.68. The Hall–Kier alpha value is -1.92. The minimum atomic E-state index is -0.332. The summed E-state index contributed by atoms with van der Waals surface area (Å²) in [6, 6.07) is 10.8. The molecule has 0 radical (unpaired) electrons. The Labute approximate surface area is 138 Å². The first-order chi connectivity index (χ1) is 11.2. The van der Waals surface area contributed by atoms with Gasteiger partial charge in [-0.05, 0) is 12.5 Å². The van der Waals surface area contributed by atoms with Crippen LogP contribution in [0.4, 0.5) is 0 Å². The minimum absolute atomic E-state index is 0.0418. The van der Waals surface area contributed by atoms with Crippen LogP contribution in [0.25, 0.3) is 0 Å². The zero-order valence-electron chi connectivity index (χ0n) is 12.8. The number of carbonyl (C=O) groups is 1. The van der Waals surface area contributed by atoms with Crippen LogP contribution >= 0.6 is 11.8 Å². The van der Waals surface area contributed by atoms with Crippen LogP contribution in [-0.4, -0.2) is 27.4 Å². The average molecular weight is 330 g/mol. The number of ether oxygens (including phenoxy) is 1. The van der Waals surface area contributed by atoms with E-state index in [9.17, 15) is 9.59 Å². The molecule has 1 aromatic heterocycles. The third-order valence-corrected chi connectivity index (χ3v) is 5.15. The highest BCUT2D eigenvalue weighted by Crippen LogP contribution is 2.35. The van der Waals surface area contributed by atoms with Gasteiger partial charge in [0.1, 0.15) is 10.8 Å². The molecule has 2 atom stereocenters. The molecule has 0 N–H and O–H groups in total. The van der Waals surface area contributed by atoms with Crippen molar-refractivity contribution in [3.8, 4) is 0 Å². The first-order valence-electron chi connectivity index (χ1n) is 7.60. The molecule has 2 heterocycles. The molecule has 1 fully saturated rings. The molecule has 2 aromatic rings. The average Bonchev–Trinajstić information content (AvgIpc) is 3.04. The molecule has 1 aliphatic heterocycles. The summed E-state index contributed by atoms with van der Waals surface area (Å²) in [5.41, 5.74) is 0.924. The lowest BCUT2D eigenvalue weighted by Crippen LogP contribution is -2.27. The quantitative estimate of drug-likeness (QED) is 0.789. The van der Waals surface area contributed by atoms with E-state index in [2.05, 4.69) is 11.9 Å². The fraction of sp³-hybridized carbons (Fsp3) is 0.353. The summed E-state index contributed by atoms with van der Waals surface area (Å²) >= 11 is 1.63. The summed E-state index contributed by atoms with van der Waals surface area (Å²) in [4.78, 5) is 28.4. The number of thioether (sulfide) groups is 1. The summed E-state index contributed by atoms with van der Waals surface area (Å²) in [5, 5.41) is -0.0428. The first-order valence-corrected chi connectivity index (χ1v) is 8.55. The number of ketones is 1. The van der Waals surface area contributed by atoms with Gasteiger partial charge in [0.15, 0.2) is 5.78 Å². The van der Waals surface area contributed by atoms with E-state index in [0.717, 1.165) is 6.42 Å². The molecule has 1 aliphatic rings. The summed E-state index contributed by atoms with van der Waals surface area (Å²) in [6.45, 7) is 2.56. The van der Waals surface area contributed by atoms with Gasteiger partial charge in [-0.2, -0.15) is 4.98 Å². The van der Waals surface area contributed by atoms with E-state index in [1.807, 2.05) is 18.2 Å². The molecule has 0 bridgehead atoms. The van der Waals surface area contributed by atoms with Crippen molar-refractivity contribution in [3.05, 3.63) is 64.3 Å². The van der Waals surface area contributed by atoms with E-state index in [4.69, 9.17) is 4.74 Å². The topological polar surface area (TPSA) is 61.2 Å². The van der Waals surface area contributed by atoms with Gasteiger partial charge < -0.3 is 4.74 Å². The van der Waals surface area contributed by atoms with Gasteiger partial charge >= 0.3 is 5.69 Å². The van der Waals surface area contributed by atoms with E-state index in [1.165, 1.54) is 0 Å². The van der Waals surface area contributed by atoms with Gasteiger partial charge in [-0.1, -0.05) is 37.3 Å². The number of aromatic nitrogens is 2. The number of rotatable bonds is 5. The third kappa shape index (κ3) is 3.71. The van der Waals surface area contributed by atoms with E-state index < -0.39 is 0 Å². The highest BCUT2D eigenvalue weighted by atomic mass is 32.2. The molecule has 23 heavy (non-hydrogen) atoms. The van der Waals surface area contributed by atoms with Crippen molar-refractivity contribution in [2.24, 2.45) is 0 Å². The molecule has 5 nitrogen and oxygen atoms in total. The van der Waals surface area contributed by atoms with Crippen LogP contribution in [0.2, 0.25) is 0 Å². The molecule has 0 aliphatic carbocycles. The predicted molar refractivity (Wildman–Crippen MR) is 89.6 cm³/mol. The van der Waals surface area contributed by atoms with E-state index in [-0.39, 0.29) is 28.7 Å². The second kappa shape index (κ2) is 7.10. The fourth-order valence-electron chi connectivity index (χ4n) is 2.46. The summed E-state index contributed by atoms with van der Waals surface area (Å²) in [6.07, 6.45) is 2.75. The Morgan fingerprint density at radius 3 is 2.78 bits per heavy atom. The van der Waals surface area contributed by atoms with Crippen molar-refractivity contribution in [1.82, 2.24) is 9.55 Å². The molecule has 1 saturated heterocycles. The van der Waals surface area contributed by atoms with E-state index >= 15 is 0 Å². The van der Waals surface area contributed by atoms with Crippen LogP contribution in [0, 0.1) is 0 Å². The molecule has 0 unspecified atom stereocenters. The van der Waals surface area contributed by atoms with Crippen LogP contribution < -0.4 is 5.69 Å². The molecule has 6 heteroatoms. The molecule has 1 aromatic carbocycles. The maximum Gasteiger partial charge on any atom is 0.348 e. The van der Waals surface area contributed by atoms with Gasteiger partial charge in [0.25, 0.3) is 0 Å². The molecule has 0 spiro atoms. The van der Waals surface area contributed by atoms with E-state index in [1.54, 1.807) is 40.7 Å². The predicted octanol–water partition coefficient (Wildman–Crippen LogP) is 2.67. The SMILES string of the molecule is CC[C@@H]1OC[C@H](n2ccc(CC(=O)c3ccccc3)nc2=O)S1. The van der Waals surface area contributed by atoms with Crippen molar-refractivity contribution in [2.75, 3.05) is 6.61 Å². The molecule has 120 valence electrons. The summed E-state index contributed by atoms with van der Waals surface area (Å²) in [5.74, 6) is -0.0418. The Kier molecular flexibility index (Phi) is 4.93. The standard InChI is InChI=1S/C17H18N2O3S/c1-2-16-22-11-15(23-16)19-9-8-13(18-17(19)21)10-14(20)12-6-4-3-5-7-12/h3-9,15-16H,2,10-11H2,1H3/t15-,16-/m1/s1. The van der Waals surface area contributed by atoms with Crippen LogP contribution in [0.1, 0.15) is 34.8 Å². The fourth-order valence-corrected chi connectivity index (χ4v) is 3.61. The number of hydrogen-bond donors (Lipinski definition) is 0. The van der Waals surface area contributed by atoms with Crippen LogP contribution in [0.3, 0.4) is 0 Å². The molecule has 3 rings (SSSR count). The Morgan fingerprint density at radius 2 is 2.13 bits per heavy atom. The minimum Gasteiger partial charge on any atom is -0.364 e. The van der Waals surface area contributed by atoms with Gasteiger partial charge in [0.05, 0.1) is 18.7 Å². The van der Waals surface area contributed by atoms with Crippen LogP contribution in [-0.2, 0) is 11.2 Å². The number of nitrogens with zero attached hydrogens (tertiary/aromatic N) is 2. The number of hydrogen-bond acceptors (Lipinski definition) is 5. The number of benzene rings is 1. The van der Waals surface area contributed by atoms with Crippen LogP contribution in [0.5, 0.6) is 0 Å². The lowest BCUT2D eigenvalue weighted by atomic mass is 10.1. The summed E-state index contributed by atoms with van der Waals surface area (Å²) in [7, 11) is 0. The van der Waals surface area contributed by atoms with Gasteiger partial charge in [0, 0.05) is 11.8 Å². The highest BCUT2D eigenvalue weighted by Gasteiger charge is 2.27. The van der Waals surface area contributed by atoms with E-state index in [0.29, 0.717) is 17.9 Å². The van der Waals surface area contributed by atoms with Crippen molar-refractivity contribution in [3.63, 3.8) is 0 Å². The Morgan fingerprint density at radius 1 is 1.35 bits per heavy atom. The number of Topliss-reactive ketones (excluding diaryl/α,β-unsaturated/α-hetero) is 1. The van der Waals surface area contributed by atoms with Crippen molar-refractivity contribution in [2.45, 2.75) is 30.6 Å².